The summed E-state index contributed by atoms with van der Waals surface area (Å²) in [6.45, 7) is 0. The monoisotopic (exact) mass is 265 g/mol. The highest BCUT2D eigenvalue weighted by molar-refractivity contribution is 14.1. The summed E-state index contributed by atoms with van der Waals surface area (Å²) in [5.74, 6) is -0.900. The van der Waals surface area contributed by atoms with Crippen molar-refractivity contribution in [3.8, 4) is 0 Å². The molecule has 11 heavy (non-hydrogen) atoms. The number of pyridine rings is 1. The van der Waals surface area contributed by atoms with Crippen LogP contribution in [0, 0.1) is 14.8 Å². The average molecular weight is 265 g/mol. The van der Waals surface area contributed by atoms with Gasteiger partial charge in [-0.25, -0.2) is 9.37 Å². The van der Waals surface area contributed by atoms with E-state index in [1.54, 1.807) is 0 Å². The van der Waals surface area contributed by atoms with Gasteiger partial charge in [-0.15, -0.1) is 0 Å². The van der Waals surface area contributed by atoms with Crippen LogP contribution in [0.5, 0.6) is 0 Å². The van der Waals surface area contributed by atoms with E-state index in [4.69, 9.17) is 11.1 Å². The Labute approximate surface area is 76.5 Å². The SMILES string of the molecule is N=C(N)c1ncc(I)cc1F. The topological polar surface area (TPSA) is 62.8 Å². The molecule has 0 aliphatic heterocycles. The van der Waals surface area contributed by atoms with Crippen molar-refractivity contribution in [1.82, 2.24) is 4.98 Å². The molecule has 0 unspecified atom stereocenters. The van der Waals surface area contributed by atoms with E-state index in [1.807, 2.05) is 22.6 Å². The Bertz CT molecular complexity index is 300. The summed E-state index contributed by atoms with van der Waals surface area (Å²) in [4.78, 5) is 3.65. The third-order valence-electron chi connectivity index (χ3n) is 1.06. The summed E-state index contributed by atoms with van der Waals surface area (Å²) < 4.78 is 13.5. The maximum Gasteiger partial charge on any atom is 0.153 e. The Balaban J connectivity index is 3.20. The molecule has 0 radical (unpaired) electrons. The molecular weight excluding hydrogens is 260 g/mol. The molecule has 0 amide bonds. The van der Waals surface area contributed by atoms with Crippen LogP contribution in [-0.2, 0) is 0 Å². The van der Waals surface area contributed by atoms with E-state index in [1.165, 1.54) is 12.3 Å². The average Bonchev–Trinajstić information content (AvgIpc) is 1.85. The first-order chi connectivity index (χ1) is 5.11. The van der Waals surface area contributed by atoms with Crippen molar-refractivity contribution in [1.29, 1.82) is 5.41 Å². The zero-order chi connectivity index (χ0) is 8.43. The van der Waals surface area contributed by atoms with E-state index < -0.39 is 5.82 Å². The molecule has 0 fully saturated rings. The van der Waals surface area contributed by atoms with Crippen LogP contribution in [0.15, 0.2) is 12.3 Å². The molecule has 1 aromatic heterocycles. The minimum atomic E-state index is -0.551. The van der Waals surface area contributed by atoms with Crippen LogP contribution in [0.25, 0.3) is 0 Å². The van der Waals surface area contributed by atoms with Gasteiger partial charge in [0.2, 0.25) is 0 Å². The lowest BCUT2D eigenvalue weighted by Crippen LogP contribution is -2.15. The van der Waals surface area contributed by atoms with Gasteiger partial charge in [0.1, 0.15) is 11.5 Å². The molecule has 0 aliphatic carbocycles. The summed E-state index contributed by atoms with van der Waals surface area (Å²) >= 11 is 1.93. The summed E-state index contributed by atoms with van der Waals surface area (Å²) in [5, 5.41) is 6.92. The van der Waals surface area contributed by atoms with Gasteiger partial charge in [-0.3, -0.25) is 5.41 Å². The standard InChI is InChI=1S/C6H5FIN3/c7-4-1-3(8)2-11-5(4)6(9)10/h1-2H,(H3,9,10). The zero-order valence-electron chi connectivity index (χ0n) is 5.44. The molecule has 3 nitrogen and oxygen atoms in total. The zero-order valence-corrected chi connectivity index (χ0v) is 7.59. The first-order valence-electron chi connectivity index (χ1n) is 2.76. The number of hydrogen-bond donors (Lipinski definition) is 2. The van der Waals surface area contributed by atoms with Gasteiger partial charge in [-0.1, -0.05) is 0 Å². The molecular formula is C6H5FIN3. The maximum atomic E-state index is 12.8. The molecule has 5 heteroatoms. The fourth-order valence-electron chi connectivity index (χ4n) is 0.613. The third-order valence-corrected chi connectivity index (χ3v) is 1.65. The minimum Gasteiger partial charge on any atom is -0.382 e. The largest absolute Gasteiger partial charge is 0.382 e. The van der Waals surface area contributed by atoms with Gasteiger partial charge in [-0.2, -0.15) is 0 Å². The number of hydrogen-bond acceptors (Lipinski definition) is 2. The second-order valence-electron chi connectivity index (χ2n) is 1.90. The number of nitrogens with zero attached hydrogens (tertiary/aromatic N) is 1. The van der Waals surface area contributed by atoms with Gasteiger partial charge in [0.15, 0.2) is 5.82 Å². The lowest BCUT2D eigenvalue weighted by atomic mass is 10.3. The highest BCUT2D eigenvalue weighted by Crippen LogP contribution is 2.07. The van der Waals surface area contributed by atoms with Gasteiger partial charge in [0, 0.05) is 9.77 Å². The molecule has 58 valence electrons. The number of nitrogen functional groups attached to an aromatic ring is 1. The lowest BCUT2D eigenvalue weighted by molar-refractivity contribution is 0.616. The Hall–Kier alpha value is -0.720. The molecule has 3 N–H and O–H groups in total. The van der Waals surface area contributed by atoms with Gasteiger partial charge in [0.25, 0.3) is 0 Å². The molecule has 0 saturated carbocycles. The van der Waals surface area contributed by atoms with Crippen molar-refractivity contribution >= 4 is 28.4 Å². The lowest BCUT2D eigenvalue weighted by Gasteiger charge is -1.98. The first-order valence-corrected chi connectivity index (χ1v) is 3.84. The van der Waals surface area contributed by atoms with E-state index in [0.717, 1.165) is 0 Å². The summed E-state index contributed by atoms with van der Waals surface area (Å²) in [6.07, 6.45) is 1.46. The molecule has 1 heterocycles. The molecule has 0 aromatic carbocycles. The predicted molar refractivity (Wildman–Crippen MR) is 47.9 cm³/mol. The van der Waals surface area contributed by atoms with Crippen LogP contribution >= 0.6 is 22.6 Å². The van der Waals surface area contributed by atoms with E-state index in [-0.39, 0.29) is 11.5 Å². The van der Waals surface area contributed by atoms with Gasteiger partial charge < -0.3 is 5.73 Å². The van der Waals surface area contributed by atoms with E-state index in [0.29, 0.717) is 3.57 Å². The van der Waals surface area contributed by atoms with Crippen LogP contribution in [0.1, 0.15) is 5.69 Å². The Morgan fingerprint density at radius 1 is 1.73 bits per heavy atom. The van der Waals surface area contributed by atoms with Crippen molar-refractivity contribution in [3.05, 3.63) is 27.3 Å². The normalized spacial score (nSPS) is 9.64. The number of nitrogens with two attached hydrogens (primary N) is 1. The number of rotatable bonds is 1. The fraction of sp³-hybridized carbons (Fsp3) is 0. The maximum absolute atomic E-state index is 12.8. The van der Waals surface area contributed by atoms with Crippen molar-refractivity contribution in [2.24, 2.45) is 5.73 Å². The Morgan fingerprint density at radius 2 is 2.36 bits per heavy atom. The highest BCUT2D eigenvalue weighted by Gasteiger charge is 2.05. The quantitative estimate of drug-likeness (QED) is 0.454. The Kier molecular flexibility index (Phi) is 2.38. The molecule has 0 spiro atoms. The van der Waals surface area contributed by atoms with Crippen LogP contribution < -0.4 is 5.73 Å². The first kappa shape index (κ1) is 8.38. The smallest absolute Gasteiger partial charge is 0.153 e. The number of aromatic nitrogens is 1. The summed E-state index contributed by atoms with van der Waals surface area (Å²) in [6, 6.07) is 1.28. The molecule has 0 bridgehead atoms. The number of halogens is 2. The van der Waals surface area contributed by atoms with Crippen molar-refractivity contribution in [2.75, 3.05) is 0 Å². The summed E-state index contributed by atoms with van der Waals surface area (Å²) in [5.41, 5.74) is 4.95. The third kappa shape index (κ3) is 1.86. The van der Waals surface area contributed by atoms with Crippen molar-refractivity contribution in [3.63, 3.8) is 0 Å². The van der Waals surface area contributed by atoms with Gasteiger partial charge in [-0.05, 0) is 28.7 Å². The second-order valence-corrected chi connectivity index (χ2v) is 3.14. The Morgan fingerprint density at radius 3 is 2.82 bits per heavy atom. The molecule has 1 rings (SSSR count). The highest BCUT2D eigenvalue weighted by atomic mass is 127. The van der Waals surface area contributed by atoms with E-state index in [9.17, 15) is 4.39 Å². The molecule has 0 atom stereocenters. The van der Waals surface area contributed by atoms with E-state index in [2.05, 4.69) is 4.98 Å². The number of nitrogens with one attached hydrogen (secondary N) is 1. The van der Waals surface area contributed by atoms with Crippen LogP contribution in [0.4, 0.5) is 4.39 Å². The van der Waals surface area contributed by atoms with Crippen LogP contribution in [0.3, 0.4) is 0 Å². The van der Waals surface area contributed by atoms with Crippen LogP contribution in [0.2, 0.25) is 0 Å². The molecule has 0 aliphatic rings. The van der Waals surface area contributed by atoms with E-state index >= 15 is 0 Å². The minimum absolute atomic E-state index is 0.0922. The van der Waals surface area contributed by atoms with Crippen LogP contribution in [-0.4, -0.2) is 10.8 Å². The van der Waals surface area contributed by atoms with Gasteiger partial charge >= 0.3 is 0 Å². The van der Waals surface area contributed by atoms with Crippen molar-refractivity contribution in [2.45, 2.75) is 0 Å². The second kappa shape index (κ2) is 3.12. The fourth-order valence-corrected chi connectivity index (χ4v) is 1.03. The molecule has 0 saturated heterocycles. The van der Waals surface area contributed by atoms with Gasteiger partial charge in [0.05, 0.1) is 0 Å². The summed E-state index contributed by atoms with van der Waals surface area (Å²) in [7, 11) is 0. The predicted octanol–water partition coefficient (Wildman–Crippen LogP) is 1.11. The number of amidine groups is 1. The van der Waals surface area contributed by atoms with Crippen molar-refractivity contribution < 1.29 is 4.39 Å². The molecule has 1 aromatic rings.